The van der Waals surface area contributed by atoms with E-state index in [9.17, 15) is 14.9 Å². The Hall–Kier alpha value is -3.62. The molecule has 26 heavy (non-hydrogen) atoms. The van der Waals surface area contributed by atoms with Crippen LogP contribution in [0.15, 0.2) is 47.6 Å². The van der Waals surface area contributed by atoms with Crippen LogP contribution in [0.25, 0.3) is 0 Å². The molecule has 0 aromatic heterocycles. The summed E-state index contributed by atoms with van der Waals surface area (Å²) in [6.45, 7) is 0.0619. The third kappa shape index (κ3) is 3.72. The Balaban J connectivity index is 1.63. The molecule has 9 nitrogen and oxygen atoms in total. The summed E-state index contributed by atoms with van der Waals surface area (Å²) in [7, 11) is 1.35. The first-order valence-electron chi connectivity index (χ1n) is 7.62. The Morgan fingerprint density at radius 3 is 2.85 bits per heavy atom. The van der Waals surface area contributed by atoms with Crippen molar-refractivity contribution in [1.29, 1.82) is 0 Å². The number of nitrogens with one attached hydrogen (secondary N) is 1. The van der Waals surface area contributed by atoms with Crippen LogP contribution >= 0.6 is 0 Å². The Bertz CT molecular complexity index is 867. The molecule has 1 aliphatic rings. The lowest BCUT2D eigenvalue weighted by molar-refractivity contribution is -0.385. The summed E-state index contributed by atoms with van der Waals surface area (Å²) in [5.41, 5.74) is 2.58. The molecule has 0 unspecified atom stereocenters. The molecule has 0 saturated carbocycles. The van der Waals surface area contributed by atoms with E-state index in [1.165, 1.54) is 25.5 Å². The van der Waals surface area contributed by atoms with Gasteiger partial charge in [-0.15, -0.1) is 0 Å². The van der Waals surface area contributed by atoms with Crippen LogP contribution < -0.4 is 19.6 Å². The van der Waals surface area contributed by atoms with Crippen molar-refractivity contribution in [2.24, 2.45) is 5.10 Å². The van der Waals surface area contributed by atoms with Gasteiger partial charge in [-0.3, -0.25) is 14.9 Å². The molecule has 2 aromatic rings. The van der Waals surface area contributed by atoms with Gasteiger partial charge in [0.1, 0.15) is 6.61 Å². The molecule has 2 aromatic carbocycles. The average Bonchev–Trinajstić information content (AvgIpc) is 2.67. The van der Waals surface area contributed by atoms with Gasteiger partial charge in [-0.05, 0) is 24.3 Å². The van der Waals surface area contributed by atoms with Crippen LogP contribution in [0, 0.1) is 10.1 Å². The second-order valence-corrected chi connectivity index (χ2v) is 5.29. The number of carbonyl (C=O) groups is 1. The van der Waals surface area contributed by atoms with E-state index >= 15 is 0 Å². The van der Waals surface area contributed by atoms with Gasteiger partial charge in [0.05, 0.1) is 18.2 Å². The summed E-state index contributed by atoms with van der Waals surface area (Å²) in [5, 5.41) is 14.8. The van der Waals surface area contributed by atoms with Crippen molar-refractivity contribution in [3.05, 3.63) is 58.1 Å². The molecule has 0 bridgehead atoms. The van der Waals surface area contributed by atoms with E-state index in [1.807, 2.05) is 0 Å². The number of nitrogens with zero attached hydrogens (tertiary/aromatic N) is 2. The lowest BCUT2D eigenvalue weighted by Crippen LogP contribution is -2.42. The zero-order valence-electron chi connectivity index (χ0n) is 13.7. The van der Waals surface area contributed by atoms with Gasteiger partial charge in [0.25, 0.3) is 5.91 Å². The highest BCUT2D eigenvalue weighted by molar-refractivity contribution is 5.85. The molecule has 0 spiro atoms. The predicted molar refractivity (Wildman–Crippen MR) is 91.7 cm³/mol. The maximum Gasteiger partial charge on any atom is 0.311 e. The number of nitro benzene ring substituents is 1. The second-order valence-electron chi connectivity index (χ2n) is 5.29. The zero-order chi connectivity index (χ0) is 18.5. The van der Waals surface area contributed by atoms with E-state index in [-0.39, 0.29) is 18.0 Å². The fourth-order valence-electron chi connectivity index (χ4n) is 2.32. The van der Waals surface area contributed by atoms with Crippen molar-refractivity contribution >= 4 is 17.8 Å². The number of hydrazone groups is 1. The van der Waals surface area contributed by atoms with E-state index in [0.29, 0.717) is 17.1 Å². The molecule has 134 valence electrons. The van der Waals surface area contributed by atoms with Gasteiger partial charge in [0.2, 0.25) is 6.10 Å². The number of amides is 1. The monoisotopic (exact) mass is 357 g/mol. The van der Waals surface area contributed by atoms with Crippen molar-refractivity contribution in [3.8, 4) is 17.2 Å². The van der Waals surface area contributed by atoms with Crippen LogP contribution in [0.2, 0.25) is 0 Å². The summed E-state index contributed by atoms with van der Waals surface area (Å²) in [6.07, 6.45) is 0.453. The number of methoxy groups -OCH3 is 1. The molecule has 0 fully saturated rings. The van der Waals surface area contributed by atoms with Gasteiger partial charge in [0.15, 0.2) is 17.2 Å². The fourth-order valence-corrected chi connectivity index (χ4v) is 2.32. The van der Waals surface area contributed by atoms with Crippen molar-refractivity contribution in [3.63, 3.8) is 0 Å². The second kappa shape index (κ2) is 7.51. The van der Waals surface area contributed by atoms with E-state index in [0.717, 1.165) is 0 Å². The Morgan fingerprint density at radius 2 is 2.12 bits per heavy atom. The highest BCUT2D eigenvalue weighted by atomic mass is 16.6. The molecule has 1 aliphatic heterocycles. The average molecular weight is 357 g/mol. The van der Waals surface area contributed by atoms with E-state index < -0.39 is 16.9 Å². The molecule has 1 N–H and O–H groups in total. The van der Waals surface area contributed by atoms with Crippen LogP contribution in [0.3, 0.4) is 0 Å². The molecule has 0 aliphatic carbocycles. The van der Waals surface area contributed by atoms with Crippen LogP contribution in [0.5, 0.6) is 17.2 Å². The Labute approximate surface area is 148 Å². The summed E-state index contributed by atoms with van der Waals surface area (Å²) < 4.78 is 15.9. The van der Waals surface area contributed by atoms with Crippen LogP contribution in [0.4, 0.5) is 5.69 Å². The SMILES string of the molecule is COc1ccc(/C=N\NC(=O)[C@@H]2COc3ccccc3O2)cc1[N+](=O)[O-]. The summed E-state index contributed by atoms with van der Waals surface area (Å²) in [5.74, 6) is 0.709. The van der Waals surface area contributed by atoms with Gasteiger partial charge in [0, 0.05) is 11.6 Å². The molecular weight excluding hydrogens is 342 g/mol. The minimum absolute atomic E-state index is 0.0619. The van der Waals surface area contributed by atoms with Crippen LogP contribution in [-0.2, 0) is 4.79 Å². The Kier molecular flexibility index (Phi) is 4.97. The van der Waals surface area contributed by atoms with Crippen molar-refractivity contribution in [2.75, 3.05) is 13.7 Å². The van der Waals surface area contributed by atoms with Gasteiger partial charge in [-0.25, -0.2) is 5.43 Å². The largest absolute Gasteiger partial charge is 0.490 e. The molecule has 3 rings (SSSR count). The maximum absolute atomic E-state index is 12.1. The van der Waals surface area contributed by atoms with E-state index in [2.05, 4.69) is 10.5 Å². The molecule has 1 amide bonds. The Morgan fingerprint density at radius 1 is 1.35 bits per heavy atom. The number of hydrogen-bond acceptors (Lipinski definition) is 7. The minimum atomic E-state index is -0.841. The lowest BCUT2D eigenvalue weighted by atomic mass is 10.2. The van der Waals surface area contributed by atoms with E-state index in [4.69, 9.17) is 14.2 Å². The highest BCUT2D eigenvalue weighted by Crippen LogP contribution is 2.31. The number of fused-ring (bicyclic) bond motifs is 1. The number of carbonyl (C=O) groups excluding carboxylic acids is 1. The quantitative estimate of drug-likeness (QED) is 0.497. The topological polar surface area (TPSA) is 112 Å². The summed E-state index contributed by atoms with van der Waals surface area (Å²) >= 11 is 0. The lowest BCUT2D eigenvalue weighted by Gasteiger charge is -2.24. The number of nitro groups is 1. The van der Waals surface area contributed by atoms with Gasteiger partial charge in [-0.2, -0.15) is 5.10 Å². The fraction of sp³-hybridized carbons (Fsp3) is 0.176. The van der Waals surface area contributed by atoms with Crippen LogP contribution in [0.1, 0.15) is 5.56 Å². The third-order valence-electron chi connectivity index (χ3n) is 3.59. The number of hydrogen-bond donors (Lipinski definition) is 1. The van der Waals surface area contributed by atoms with Gasteiger partial charge >= 0.3 is 5.69 Å². The molecule has 9 heteroatoms. The first-order chi connectivity index (χ1) is 12.6. The zero-order valence-corrected chi connectivity index (χ0v) is 13.7. The molecule has 0 saturated heterocycles. The van der Waals surface area contributed by atoms with Crippen LogP contribution in [-0.4, -0.2) is 36.9 Å². The number of para-hydroxylation sites is 2. The van der Waals surface area contributed by atoms with Crippen molar-refractivity contribution in [1.82, 2.24) is 5.43 Å². The predicted octanol–water partition coefficient (Wildman–Crippen LogP) is 1.89. The molecular formula is C17H15N3O6. The van der Waals surface area contributed by atoms with Gasteiger partial charge < -0.3 is 14.2 Å². The van der Waals surface area contributed by atoms with E-state index in [1.54, 1.807) is 30.3 Å². The minimum Gasteiger partial charge on any atom is -0.490 e. The number of ether oxygens (including phenoxy) is 3. The third-order valence-corrected chi connectivity index (χ3v) is 3.59. The number of benzene rings is 2. The summed E-state index contributed by atoms with van der Waals surface area (Å²) in [6, 6.07) is 11.4. The van der Waals surface area contributed by atoms with Crippen molar-refractivity contribution < 1.29 is 23.9 Å². The molecule has 1 atom stereocenters. The highest BCUT2D eigenvalue weighted by Gasteiger charge is 2.27. The molecule has 1 heterocycles. The number of rotatable bonds is 5. The smallest absolute Gasteiger partial charge is 0.311 e. The first-order valence-corrected chi connectivity index (χ1v) is 7.62. The normalized spacial score (nSPS) is 15.5. The maximum atomic E-state index is 12.1. The summed E-state index contributed by atoms with van der Waals surface area (Å²) in [4.78, 5) is 22.6. The standard InChI is InChI=1S/C17H15N3O6/c1-24-13-7-6-11(8-12(13)20(22)23)9-18-19-17(21)16-10-25-14-4-2-3-5-15(14)26-16/h2-9,16H,10H2,1H3,(H,19,21)/b18-9-/t16-/m0/s1. The van der Waals surface area contributed by atoms with Gasteiger partial charge in [-0.1, -0.05) is 12.1 Å². The first kappa shape index (κ1) is 17.2. The van der Waals surface area contributed by atoms with Crippen molar-refractivity contribution in [2.45, 2.75) is 6.10 Å². The molecule has 0 radical (unpaired) electrons.